The fourth-order valence-electron chi connectivity index (χ4n) is 2.50. The molecule has 0 aliphatic rings. The van der Waals surface area contributed by atoms with E-state index in [0.717, 1.165) is 5.56 Å². The van der Waals surface area contributed by atoms with Crippen molar-refractivity contribution < 1.29 is 9.32 Å². The Balaban J connectivity index is 1.87. The molecule has 0 radical (unpaired) electrons. The maximum atomic E-state index is 12.1. The van der Waals surface area contributed by atoms with Crippen molar-refractivity contribution in [2.45, 2.75) is 27.2 Å². The van der Waals surface area contributed by atoms with Gasteiger partial charge in [0, 0.05) is 12.0 Å². The molecule has 1 N–H and O–H groups in total. The fourth-order valence-corrected chi connectivity index (χ4v) is 2.50. The van der Waals surface area contributed by atoms with Crippen molar-refractivity contribution in [3.63, 3.8) is 0 Å². The molecule has 2 aromatic carbocycles. The van der Waals surface area contributed by atoms with Crippen molar-refractivity contribution in [2.75, 3.05) is 5.32 Å². The second-order valence-electron chi connectivity index (χ2n) is 6.48. The van der Waals surface area contributed by atoms with E-state index in [9.17, 15) is 4.79 Å². The quantitative estimate of drug-likeness (QED) is 0.734. The van der Waals surface area contributed by atoms with Crippen molar-refractivity contribution >= 4 is 11.6 Å². The summed E-state index contributed by atoms with van der Waals surface area (Å²) >= 11 is 0. The second kappa shape index (κ2) is 7.30. The number of rotatable bonds is 5. The van der Waals surface area contributed by atoms with Gasteiger partial charge in [0.1, 0.15) is 0 Å². The zero-order chi connectivity index (χ0) is 17.8. The first-order valence-electron chi connectivity index (χ1n) is 8.33. The van der Waals surface area contributed by atoms with Gasteiger partial charge in [0.15, 0.2) is 0 Å². The van der Waals surface area contributed by atoms with Gasteiger partial charge in [0.05, 0.1) is 11.3 Å². The third-order valence-corrected chi connectivity index (χ3v) is 3.76. The fraction of sp³-hybridized carbons (Fsp3) is 0.250. The van der Waals surface area contributed by atoms with Crippen LogP contribution in [0.1, 0.15) is 25.8 Å². The topological polar surface area (TPSA) is 68.0 Å². The number of nitrogens with zero attached hydrogens (tertiary/aromatic N) is 2. The predicted octanol–water partition coefficient (Wildman–Crippen LogP) is 4.70. The van der Waals surface area contributed by atoms with Crippen molar-refractivity contribution in [1.29, 1.82) is 0 Å². The van der Waals surface area contributed by atoms with E-state index >= 15 is 0 Å². The molecule has 0 aliphatic carbocycles. The van der Waals surface area contributed by atoms with Crippen molar-refractivity contribution in [1.82, 2.24) is 10.1 Å². The minimum absolute atomic E-state index is 0.0271. The second-order valence-corrected chi connectivity index (χ2v) is 6.48. The molecule has 0 aliphatic heterocycles. The maximum absolute atomic E-state index is 12.1. The van der Waals surface area contributed by atoms with Crippen LogP contribution < -0.4 is 5.32 Å². The third kappa shape index (κ3) is 4.12. The molecule has 0 bridgehead atoms. The Morgan fingerprint density at radius 1 is 1.12 bits per heavy atom. The van der Waals surface area contributed by atoms with Crippen LogP contribution in [0.15, 0.2) is 53.1 Å². The molecule has 0 unspecified atom stereocenters. The molecule has 25 heavy (non-hydrogen) atoms. The lowest BCUT2D eigenvalue weighted by atomic mass is 10.1. The lowest BCUT2D eigenvalue weighted by Gasteiger charge is -2.09. The molecule has 0 fully saturated rings. The summed E-state index contributed by atoms with van der Waals surface area (Å²) in [7, 11) is 0. The molecule has 1 heterocycles. The van der Waals surface area contributed by atoms with Gasteiger partial charge < -0.3 is 9.84 Å². The summed E-state index contributed by atoms with van der Waals surface area (Å²) in [5.74, 6) is 1.18. The zero-order valence-corrected chi connectivity index (χ0v) is 14.6. The first kappa shape index (κ1) is 16.9. The molecule has 1 aromatic heterocycles. The highest BCUT2D eigenvalue weighted by atomic mass is 16.5. The number of aromatic nitrogens is 2. The predicted molar refractivity (Wildman–Crippen MR) is 98.0 cm³/mol. The molecule has 5 nitrogen and oxygen atoms in total. The number of nitrogens with one attached hydrogen (secondary N) is 1. The highest BCUT2D eigenvalue weighted by Gasteiger charge is 2.15. The average molecular weight is 335 g/mol. The molecule has 0 spiro atoms. The summed E-state index contributed by atoms with van der Waals surface area (Å²) in [6.07, 6.45) is 0.465. The van der Waals surface area contributed by atoms with E-state index in [-0.39, 0.29) is 5.91 Å². The molecule has 3 aromatic rings. The normalized spacial score (nSPS) is 10.9. The standard InChI is InChI=1S/C20H21N3O2/c1-13(2)12-18(24)21-17-7-5-4-6-16(17)20-22-19(23-25-20)15-10-8-14(3)9-11-15/h4-11,13H,12H2,1-3H3,(H,21,24). The van der Waals surface area contributed by atoms with Crippen LogP contribution in [0.2, 0.25) is 0 Å². The molecular formula is C20H21N3O2. The number of aryl methyl sites for hydroxylation is 1. The SMILES string of the molecule is Cc1ccc(-c2noc(-c3ccccc3NC(=O)CC(C)C)n2)cc1. The summed E-state index contributed by atoms with van der Waals surface area (Å²) in [6, 6.07) is 15.4. The smallest absolute Gasteiger partial charge is 0.260 e. The number of hydrogen-bond acceptors (Lipinski definition) is 4. The van der Waals surface area contributed by atoms with E-state index < -0.39 is 0 Å². The zero-order valence-electron chi connectivity index (χ0n) is 14.6. The molecule has 3 rings (SSSR count). The number of carbonyl (C=O) groups is 1. The Hall–Kier alpha value is -2.95. The highest BCUT2D eigenvalue weighted by molar-refractivity contribution is 5.94. The molecule has 0 atom stereocenters. The van der Waals surface area contributed by atoms with Gasteiger partial charge in [-0.05, 0) is 25.0 Å². The number of amides is 1. The average Bonchev–Trinajstić information content (AvgIpc) is 3.05. The van der Waals surface area contributed by atoms with Gasteiger partial charge in [-0.15, -0.1) is 0 Å². The van der Waals surface area contributed by atoms with E-state index in [1.807, 2.05) is 69.3 Å². The van der Waals surface area contributed by atoms with E-state index in [1.54, 1.807) is 0 Å². The van der Waals surface area contributed by atoms with Crippen LogP contribution >= 0.6 is 0 Å². The van der Waals surface area contributed by atoms with Crippen molar-refractivity contribution in [3.8, 4) is 22.8 Å². The Kier molecular flexibility index (Phi) is 4.93. The van der Waals surface area contributed by atoms with Gasteiger partial charge in [-0.1, -0.05) is 61.0 Å². The summed E-state index contributed by atoms with van der Waals surface area (Å²) < 4.78 is 5.43. The summed E-state index contributed by atoms with van der Waals surface area (Å²) in [5, 5.41) is 6.99. The summed E-state index contributed by atoms with van der Waals surface area (Å²) in [4.78, 5) is 16.6. The number of para-hydroxylation sites is 1. The van der Waals surface area contributed by atoms with Gasteiger partial charge in [-0.2, -0.15) is 4.98 Å². The molecule has 0 saturated heterocycles. The summed E-state index contributed by atoms with van der Waals surface area (Å²) in [5.41, 5.74) is 3.45. The number of carbonyl (C=O) groups excluding carboxylic acids is 1. The maximum Gasteiger partial charge on any atom is 0.260 e. The van der Waals surface area contributed by atoms with Crippen LogP contribution in [0.4, 0.5) is 5.69 Å². The minimum atomic E-state index is -0.0271. The van der Waals surface area contributed by atoms with E-state index in [1.165, 1.54) is 5.56 Å². The van der Waals surface area contributed by atoms with Gasteiger partial charge in [0.2, 0.25) is 11.7 Å². The summed E-state index contributed by atoms with van der Waals surface area (Å²) in [6.45, 7) is 6.05. The van der Waals surface area contributed by atoms with Crippen molar-refractivity contribution in [3.05, 3.63) is 54.1 Å². The number of hydrogen-bond donors (Lipinski definition) is 1. The van der Waals surface area contributed by atoms with Crippen LogP contribution in [0.3, 0.4) is 0 Å². The van der Waals surface area contributed by atoms with Crippen molar-refractivity contribution in [2.24, 2.45) is 5.92 Å². The minimum Gasteiger partial charge on any atom is -0.334 e. The van der Waals surface area contributed by atoms with E-state index in [4.69, 9.17) is 4.52 Å². The van der Waals surface area contributed by atoms with Gasteiger partial charge in [-0.3, -0.25) is 4.79 Å². The number of anilines is 1. The van der Waals surface area contributed by atoms with E-state index in [0.29, 0.717) is 35.3 Å². The molecule has 5 heteroatoms. The van der Waals surface area contributed by atoms with E-state index in [2.05, 4.69) is 15.5 Å². The molecule has 128 valence electrons. The third-order valence-electron chi connectivity index (χ3n) is 3.76. The molecule has 1 amide bonds. The number of benzene rings is 2. The lowest BCUT2D eigenvalue weighted by Crippen LogP contribution is -2.14. The van der Waals surface area contributed by atoms with Crippen LogP contribution in [-0.4, -0.2) is 16.0 Å². The Labute approximate surface area is 147 Å². The van der Waals surface area contributed by atoms with Gasteiger partial charge in [0.25, 0.3) is 5.89 Å². The largest absolute Gasteiger partial charge is 0.334 e. The first-order chi connectivity index (χ1) is 12.0. The Morgan fingerprint density at radius 2 is 1.84 bits per heavy atom. The van der Waals surface area contributed by atoms with Crippen LogP contribution in [0.5, 0.6) is 0 Å². The van der Waals surface area contributed by atoms with Gasteiger partial charge in [-0.25, -0.2) is 0 Å². The van der Waals surface area contributed by atoms with Crippen LogP contribution in [-0.2, 0) is 4.79 Å². The molecular weight excluding hydrogens is 314 g/mol. The first-order valence-corrected chi connectivity index (χ1v) is 8.33. The monoisotopic (exact) mass is 335 g/mol. The van der Waals surface area contributed by atoms with Gasteiger partial charge >= 0.3 is 0 Å². The lowest BCUT2D eigenvalue weighted by molar-refractivity contribution is -0.116. The Bertz CT molecular complexity index is 867. The Morgan fingerprint density at radius 3 is 2.56 bits per heavy atom. The highest BCUT2D eigenvalue weighted by Crippen LogP contribution is 2.28. The van der Waals surface area contributed by atoms with Crippen LogP contribution in [0, 0.1) is 12.8 Å². The van der Waals surface area contributed by atoms with Crippen LogP contribution in [0.25, 0.3) is 22.8 Å². The molecule has 0 saturated carbocycles.